The Labute approximate surface area is 79.5 Å². The zero-order valence-electron chi connectivity index (χ0n) is 7.79. The summed E-state index contributed by atoms with van der Waals surface area (Å²) in [6.07, 6.45) is 0. The molecule has 0 atom stereocenters. The number of nitrogens with one attached hydrogen (secondary N) is 1. The molecule has 1 aromatic carbocycles. The lowest BCUT2D eigenvalue weighted by molar-refractivity contribution is 0.761. The summed E-state index contributed by atoms with van der Waals surface area (Å²) in [5.74, 6) is 0. The molecule has 1 rings (SSSR count). The molecule has 13 heavy (non-hydrogen) atoms. The van der Waals surface area contributed by atoms with Gasteiger partial charge in [0, 0.05) is 19.6 Å². The first-order chi connectivity index (χ1) is 6.34. The van der Waals surface area contributed by atoms with Crippen LogP contribution in [0.2, 0.25) is 0 Å². The lowest BCUT2D eigenvalue weighted by Gasteiger charge is -2.06. The second-order valence-corrected chi connectivity index (χ2v) is 2.94. The van der Waals surface area contributed by atoms with E-state index < -0.39 is 0 Å². The Balaban J connectivity index is 2.40. The Morgan fingerprint density at radius 1 is 1.31 bits per heavy atom. The molecule has 3 N–H and O–H groups in total. The van der Waals surface area contributed by atoms with Crippen LogP contribution >= 0.6 is 0 Å². The number of benzene rings is 1. The quantitative estimate of drug-likeness (QED) is 0.663. The molecule has 0 aromatic heterocycles. The van der Waals surface area contributed by atoms with E-state index in [4.69, 9.17) is 5.73 Å². The molecule has 0 saturated heterocycles. The Bertz CT molecular complexity index is 254. The summed E-state index contributed by atoms with van der Waals surface area (Å²) < 4.78 is 0. The molecule has 0 heterocycles. The van der Waals surface area contributed by atoms with Crippen LogP contribution in [-0.4, -0.2) is 19.6 Å². The normalized spacial score (nSPS) is 9.92. The lowest BCUT2D eigenvalue weighted by Crippen LogP contribution is -2.23. The number of hydrogen-bond donors (Lipinski definition) is 2. The van der Waals surface area contributed by atoms with Crippen LogP contribution in [0.4, 0.5) is 0 Å². The summed E-state index contributed by atoms with van der Waals surface area (Å²) in [6.45, 7) is 6.31. The van der Waals surface area contributed by atoms with Crippen molar-refractivity contribution in [2.75, 3.05) is 19.6 Å². The standard InChI is InChI=1S/C11H16N2/c1-10(9-13-8-7-12)11-5-3-2-4-6-11/h2-6,13H,1,7-9,12H2. The van der Waals surface area contributed by atoms with Gasteiger partial charge in [0.2, 0.25) is 0 Å². The summed E-state index contributed by atoms with van der Waals surface area (Å²) in [7, 11) is 0. The first kappa shape index (κ1) is 9.96. The van der Waals surface area contributed by atoms with Gasteiger partial charge in [-0.05, 0) is 11.1 Å². The maximum absolute atomic E-state index is 5.36. The average molecular weight is 176 g/mol. The van der Waals surface area contributed by atoms with E-state index in [1.165, 1.54) is 5.56 Å². The highest BCUT2D eigenvalue weighted by molar-refractivity contribution is 5.64. The maximum Gasteiger partial charge on any atom is 0.0206 e. The molecular weight excluding hydrogens is 160 g/mol. The van der Waals surface area contributed by atoms with E-state index in [-0.39, 0.29) is 0 Å². The lowest BCUT2D eigenvalue weighted by atomic mass is 10.1. The molecule has 0 bridgehead atoms. The molecule has 0 saturated carbocycles. The van der Waals surface area contributed by atoms with Gasteiger partial charge >= 0.3 is 0 Å². The van der Waals surface area contributed by atoms with Gasteiger partial charge in [-0.3, -0.25) is 0 Å². The van der Waals surface area contributed by atoms with E-state index in [9.17, 15) is 0 Å². The fourth-order valence-electron chi connectivity index (χ4n) is 1.12. The van der Waals surface area contributed by atoms with Crippen LogP contribution in [0.15, 0.2) is 36.9 Å². The molecule has 0 fully saturated rings. The van der Waals surface area contributed by atoms with Gasteiger partial charge in [0.05, 0.1) is 0 Å². The van der Waals surface area contributed by atoms with Crippen molar-refractivity contribution in [3.63, 3.8) is 0 Å². The van der Waals surface area contributed by atoms with Crippen molar-refractivity contribution in [2.45, 2.75) is 0 Å². The molecule has 0 spiro atoms. The SMILES string of the molecule is C=C(CNCCN)c1ccccc1. The predicted octanol–water partition coefficient (Wildman–Crippen LogP) is 1.25. The second-order valence-electron chi connectivity index (χ2n) is 2.94. The molecule has 0 radical (unpaired) electrons. The minimum absolute atomic E-state index is 0.669. The number of nitrogens with two attached hydrogens (primary N) is 1. The van der Waals surface area contributed by atoms with Crippen LogP contribution in [-0.2, 0) is 0 Å². The number of hydrogen-bond acceptors (Lipinski definition) is 2. The van der Waals surface area contributed by atoms with Crippen LogP contribution < -0.4 is 11.1 Å². The van der Waals surface area contributed by atoms with E-state index >= 15 is 0 Å². The first-order valence-electron chi connectivity index (χ1n) is 4.48. The van der Waals surface area contributed by atoms with Gasteiger partial charge in [-0.1, -0.05) is 36.9 Å². The van der Waals surface area contributed by atoms with Crippen LogP contribution in [0.1, 0.15) is 5.56 Å². The van der Waals surface area contributed by atoms with Gasteiger partial charge < -0.3 is 11.1 Å². The minimum Gasteiger partial charge on any atom is -0.329 e. The van der Waals surface area contributed by atoms with Crippen LogP contribution in [0, 0.1) is 0 Å². The summed E-state index contributed by atoms with van der Waals surface area (Å²) >= 11 is 0. The average Bonchev–Trinajstić information content (AvgIpc) is 2.19. The topological polar surface area (TPSA) is 38.0 Å². The van der Waals surface area contributed by atoms with Crippen molar-refractivity contribution in [1.82, 2.24) is 5.32 Å². The Kier molecular flexibility index (Phi) is 4.23. The highest BCUT2D eigenvalue weighted by Gasteiger charge is 1.95. The molecule has 2 heteroatoms. The molecule has 0 amide bonds. The van der Waals surface area contributed by atoms with Crippen molar-refractivity contribution < 1.29 is 0 Å². The fourth-order valence-corrected chi connectivity index (χ4v) is 1.12. The van der Waals surface area contributed by atoms with Gasteiger partial charge in [0.15, 0.2) is 0 Å². The van der Waals surface area contributed by atoms with Gasteiger partial charge in [-0.15, -0.1) is 0 Å². The Hall–Kier alpha value is -1.12. The number of rotatable bonds is 5. The highest BCUT2D eigenvalue weighted by atomic mass is 14.9. The summed E-state index contributed by atoms with van der Waals surface area (Å²) in [5, 5.41) is 3.21. The molecule has 0 unspecified atom stereocenters. The van der Waals surface area contributed by atoms with Crippen LogP contribution in [0.25, 0.3) is 5.57 Å². The van der Waals surface area contributed by atoms with E-state index in [1.54, 1.807) is 0 Å². The molecule has 1 aromatic rings. The van der Waals surface area contributed by atoms with Crippen molar-refractivity contribution in [3.8, 4) is 0 Å². The van der Waals surface area contributed by atoms with Crippen molar-refractivity contribution in [1.29, 1.82) is 0 Å². The second kappa shape index (κ2) is 5.51. The van der Waals surface area contributed by atoms with E-state index in [2.05, 4.69) is 24.0 Å². The van der Waals surface area contributed by atoms with Gasteiger partial charge in [-0.25, -0.2) is 0 Å². The monoisotopic (exact) mass is 176 g/mol. The smallest absolute Gasteiger partial charge is 0.0206 e. The third-order valence-corrected chi connectivity index (χ3v) is 1.84. The van der Waals surface area contributed by atoms with Crippen LogP contribution in [0.3, 0.4) is 0 Å². The third-order valence-electron chi connectivity index (χ3n) is 1.84. The van der Waals surface area contributed by atoms with Crippen molar-refractivity contribution in [3.05, 3.63) is 42.5 Å². The fraction of sp³-hybridized carbons (Fsp3) is 0.273. The van der Waals surface area contributed by atoms with Crippen LogP contribution in [0.5, 0.6) is 0 Å². The van der Waals surface area contributed by atoms with Gasteiger partial charge in [0.25, 0.3) is 0 Å². The molecule has 2 nitrogen and oxygen atoms in total. The summed E-state index contributed by atoms with van der Waals surface area (Å²) in [4.78, 5) is 0. The van der Waals surface area contributed by atoms with E-state index in [0.29, 0.717) is 6.54 Å². The zero-order valence-corrected chi connectivity index (χ0v) is 7.79. The maximum atomic E-state index is 5.36. The first-order valence-corrected chi connectivity index (χ1v) is 4.48. The minimum atomic E-state index is 0.669. The van der Waals surface area contributed by atoms with E-state index in [0.717, 1.165) is 18.7 Å². The molecule has 0 aliphatic carbocycles. The summed E-state index contributed by atoms with van der Waals surface area (Å²) in [5.41, 5.74) is 7.65. The molecule has 0 aliphatic heterocycles. The van der Waals surface area contributed by atoms with Gasteiger partial charge in [-0.2, -0.15) is 0 Å². The highest BCUT2D eigenvalue weighted by Crippen LogP contribution is 2.09. The Morgan fingerprint density at radius 3 is 2.62 bits per heavy atom. The predicted molar refractivity (Wildman–Crippen MR) is 57.4 cm³/mol. The molecule has 70 valence electrons. The zero-order chi connectivity index (χ0) is 9.52. The largest absolute Gasteiger partial charge is 0.329 e. The van der Waals surface area contributed by atoms with Gasteiger partial charge in [0.1, 0.15) is 0 Å². The summed E-state index contributed by atoms with van der Waals surface area (Å²) in [6, 6.07) is 10.2. The molecule has 0 aliphatic rings. The third kappa shape index (κ3) is 3.40. The van der Waals surface area contributed by atoms with Crippen molar-refractivity contribution >= 4 is 5.57 Å². The van der Waals surface area contributed by atoms with E-state index in [1.807, 2.05) is 18.2 Å². The van der Waals surface area contributed by atoms with Crippen molar-refractivity contribution in [2.24, 2.45) is 5.73 Å². The molecular formula is C11H16N2. The Morgan fingerprint density at radius 2 is 2.00 bits per heavy atom.